The summed E-state index contributed by atoms with van der Waals surface area (Å²) in [6, 6.07) is 12.5. The van der Waals surface area contributed by atoms with E-state index in [0.717, 1.165) is 0 Å². The predicted molar refractivity (Wildman–Crippen MR) is 78.7 cm³/mol. The first kappa shape index (κ1) is 15.6. The number of aliphatic hydroxyl groups is 1. The lowest BCUT2D eigenvalue weighted by molar-refractivity contribution is 0.147. The smallest absolute Gasteiger partial charge is 0.127 e. The van der Waals surface area contributed by atoms with Gasteiger partial charge in [-0.15, -0.1) is 0 Å². The van der Waals surface area contributed by atoms with Gasteiger partial charge in [-0.3, -0.25) is 0 Å². The summed E-state index contributed by atoms with van der Waals surface area (Å²) in [6.45, 7) is 1.11. The summed E-state index contributed by atoms with van der Waals surface area (Å²) in [4.78, 5) is 1.95. The zero-order valence-electron chi connectivity index (χ0n) is 12.0. The highest BCUT2D eigenvalue weighted by Crippen LogP contribution is 2.18. The molecule has 0 aliphatic heterocycles. The second-order valence-corrected chi connectivity index (χ2v) is 5.19. The van der Waals surface area contributed by atoms with Crippen LogP contribution in [-0.4, -0.2) is 23.6 Å². The Morgan fingerprint density at radius 2 is 1.71 bits per heavy atom. The van der Waals surface area contributed by atoms with Crippen molar-refractivity contribution in [1.29, 1.82) is 0 Å². The molecule has 0 amide bonds. The summed E-state index contributed by atoms with van der Waals surface area (Å²) in [5.41, 5.74) is 1.33. The van der Waals surface area contributed by atoms with E-state index in [2.05, 4.69) is 0 Å². The van der Waals surface area contributed by atoms with Gasteiger partial charge in [-0.25, -0.2) is 8.78 Å². The Kier molecular flexibility index (Phi) is 5.42. The van der Waals surface area contributed by atoms with Crippen molar-refractivity contribution < 1.29 is 13.9 Å². The Balaban J connectivity index is 1.85. The molecule has 21 heavy (non-hydrogen) atoms. The molecule has 0 saturated carbocycles. The van der Waals surface area contributed by atoms with Gasteiger partial charge in [-0.1, -0.05) is 30.3 Å². The number of benzene rings is 2. The second kappa shape index (κ2) is 7.29. The number of halogens is 2. The average Bonchev–Trinajstić information content (AvgIpc) is 2.48. The lowest BCUT2D eigenvalue weighted by atomic mass is 10.1. The minimum absolute atomic E-state index is 0.219. The van der Waals surface area contributed by atoms with Gasteiger partial charge in [0.25, 0.3) is 0 Å². The highest BCUT2D eigenvalue weighted by Gasteiger charge is 2.10. The first-order chi connectivity index (χ1) is 10.1. The molecule has 0 aromatic heterocycles. The number of hydrogen-bond donors (Lipinski definition) is 1. The van der Waals surface area contributed by atoms with Crippen molar-refractivity contribution >= 4 is 0 Å². The summed E-state index contributed by atoms with van der Waals surface area (Å²) < 4.78 is 26.4. The summed E-state index contributed by atoms with van der Waals surface area (Å²) >= 11 is 0. The van der Waals surface area contributed by atoms with E-state index in [-0.39, 0.29) is 11.6 Å². The molecule has 112 valence electrons. The average molecular weight is 291 g/mol. The number of rotatable bonds is 6. The molecule has 0 aliphatic carbocycles. The van der Waals surface area contributed by atoms with Gasteiger partial charge in [0, 0.05) is 18.7 Å². The predicted octanol–water partition coefficient (Wildman–Crippen LogP) is 3.52. The Hall–Kier alpha value is -1.78. The molecule has 1 N–H and O–H groups in total. The molecular weight excluding hydrogens is 272 g/mol. The molecule has 0 saturated heterocycles. The third kappa shape index (κ3) is 4.62. The molecule has 0 bridgehead atoms. The topological polar surface area (TPSA) is 23.5 Å². The molecule has 1 atom stereocenters. The highest BCUT2D eigenvalue weighted by atomic mass is 19.1. The molecule has 2 rings (SSSR count). The monoisotopic (exact) mass is 291 g/mol. The molecule has 0 spiro atoms. The molecule has 2 nitrogen and oxygen atoms in total. The first-order valence-electron chi connectivity index (χ1n) is 6.92. The van der Waals surface area contributed by atoms with Crippen LogP contribution in [0.3, 0.4) is 0 Å². The third-order valence-electron chi connectivity index (χ3n) is 3.44. The van der Waals surface area contributed by atoms with Gasteiger partial charge < -0.3 is 10.0 Å². The fourth-order valence-corrected chi connectivity index (χ4v) is 2.19. The standard InChI is InChI=1S/C17H19F2NO/c1-20(12-14-4-2-3-5-16(14)19)11-10-17(21)13-6-8-15(18)9-7-13/h2-9,17,21H,10-12H2,1H3. The lowest BCUT2D eigenvalue weighted by Gasteiger charge is -2.19. The Morgan fingerprint density at radius 3 is 2.38 bits per heavy atom. The summed E-state index contributed by atoms with van der Waals surface area (Å²) in [7, 11) is 1.88. The molecule has 0 fully saturated rings. The summed E-state index contributed by atoms with van der Waals surface area (Å²) in [6.07, 6.45) is -0.134. The third-order valence-corrected chi connectivity index (χ3v) is 3.44. The Bertz CT molecular complexity index is 571. The van der Waals surface area contributed by atoms with E-state index in [9.17, 15) is 13.9 Å². The minimum Gasteiger partial charge on any atom is -0.388 e. The quantitative estimate of drug-likeness (QED) is 0.880. The van der Waals surface area contributed by atoms with Gasteiger partial charge in [0.2, 0.25) is 0 Å². The van der Waals surface area contributed by atoms with Gasteiger partial charge in [-0.05, 0) is 37.2 Å². The largest absolute Gasteiger partial charge is 0.388 e. The maximum Gasteiger partial charge on any atom is 0.127 e. The molecule has 1 unspecified atom stereocenters. The lowest BCUT2D eigenvalue weighted by Crippen LogP contribution is -2.21. The van der Waals surface area contributed by atoms with E-state index < -0.39 is 6.10 Å². The minimum atomic E-state index is -0.645. The molecular formula is C17H19F2NO. The molecule has 2 aromatic rings. The fraction of sp³-hybridized carbons (Fsp3) is 0.294. The Labute approximate surface area is 123 Å². The zero-order chi connectivity index (χ0) is 15.2. The van der Waals surface area contributed by atoms with Crippen LogP contribution in [0, 0.1) is 11.6 Å². The van der Waals surface area contributed by atoms with Gasteiger partial charge in [0.05, 0.1) is 6.10 Å². The first-order valence-corrected chi connectivity index (χ1v) is 6.92. The van der Waals surface area contributed by atoms with Crippen molar-refractivity contribution in [2.24, 2.45) is 0 Å². The maximum atomic E-state index is 13.5. The fourth-order valence-electron chi connectivity index (χ4n) is 2.19. The molecule has 4 heteroatoms. The van der Waals surface area contributed by atoms with Crippen molar-refractivity contribution in [2.75, 3.05) is 13.6 Å². The van der Waals surface area contributed by atoms with E-state index in [1.807, 2.05) is 11.9 Å². The van der Waals surface area contributed by atoms with Gasteiger partial charge >= 0.3 is 0 Å². The van der Waals surface area contributed by atoms with Gasteiger partial charge in [-0.2, -0.15) is 0 Å². The highest BCUT2D eigenvalue weighted by molar-refractivity contribution is 5.19. The molecule has 0 aliphatic rings. The van der Waals surface area contributed by atoms with Crippen LogP contribution >= 0.6 is 0 Å². The van der Waals surface area contributed by atoms with E-state index in [4.69, 9.17) is 0 Å². The van der Waals surface area contributed by atoms with E-state index in [1.165, 1.54) is 18.2 Å². The number of nitrogens with zero attached hydrogens (tertiary/aromatic N) is 1. The van der Waals surface area contributed by atoms with Crippen molar-refractivity contribution in [3.63, 3.8) is 0 Å². The molecule has 0 heterocycles. The summed E-state index contributed by atoms with van der Waals surface area (Å²) in [5.74, 6) is -0.536. The SMILES string of the molecule is CN(CCC(O)c1ccc(F)cc1)Cc1ccccc1F. The van der Waals surface area contributed by atoms with Crippen LogP contribution in [0.5, 0.6) is 0 Å². The molecule has 2 aromatic carbocycles. The van der Waals surface area contributed by atoms with Crippen LogP contribution in [0.4, 0.5) is 8.78 Å². The van der Waals surface area contributed by atoms with E-state index in [0.29, 0.717) is 30.6 Å². The van der Waals surface area contributed by atoms with Crippen LogP contribution in [0.2, 0.25) is 0 Å². The zero-order valence-corrected chi connectivity index (χ0v) is 12.0. The van der Waals surface area contributed by atoms with Gasteiger partial charge in [0.1, 0.15) is 11.6 Å². The van der Waals surface area contributed by atoms with Gasteiger partial charge in [0.15, 0.2) is 0 Å². The number of hydrogen-bond acceptors (Lipinski definition) is 2. The normalized spacial score (nSPS) is 12.6. The maximum absolute atomic E-state index is 13.5. The second-order valence-electron chi connectivity index (χ2n) is 5.19. The van der Waals surface area contributed by atoms with Crippen molar-refractivity contribution in [2.45, 2.75) is 19.1 Å². The summed E-state index contributed by atoms with van der Waals surface area (Å²) in [5, 5.41) is 10.1. The van der Waals surface area contributed by atoms with Crippen molar-refractivity contribution in [3.8, 4) is 0 Å². The van der Waals surface area contributed by atoms with Crippen LogP contribution in [-0.2, 0) is 6.54 Å². The van der Waals surface area contributed by atoms with Crippen LogP contribution in [0.25, 0.3) is 0 Å². The number of aliphatic hydroxyl groups excluding tert-OH is 1. The van der Waals surface area contributed by atoms with Crippen LogP contribution in [0.15, 0.2) is 48.5 Å². The van der Waals surface area contributed by atoms with Crippen molar-refractivity contribution in [3.05, 3.63) is 71.3 Å². The van der Waals surface area contributed by atoms with E-state index in [1.54, 1.807) is 30.3 Å². The van der Waals surface area contributed by atoms with Crippen molar-refractivity contribution in [1.82, 2.24) is 4.90 Å². The van der Waals surface area contributed by atoms with E-state index >= 15 is 0 Å². The van der Waals surface area contributed by atoms with Crippen LogP contribution in [0.1, 0.15) is 23.7 Å². The Morgan fingerprint density at radius 1 is 1.05 bits per heavy atom. The van der Waals surface area contributed by atoms with Crippen LogP contribution < -0.4 is 0 Å². The molecule has 0 radical (unpaired) electrons.